The lowest BCUT2D eigenvalue weighted by molar-refractivity contribution is 0.154. The van der Waals surface area contributed by atoms with Crippen LogP contribution in [0.4, 0.5) is 0 Å². The van der Waals surface area contributed by atoms with Gasteiger partial charge in [-0.3, -0.25) is 4.90 Å². The van der Waals surface area contributed by atoms with Gasteiger partial charge in [-0.05, 0) is 26.0 Å². The van der Waals surface area contributed by atoms with Crippen molar-refractivity contribution in [2.24, 2.45) is 0 Å². The Morgan fingerprint density at radius 1 is 1.10 bits per heavy atom. The van der Waals surface area contributed by atoms with Crippen molar-refractivity contribution in [3.8, 4) is 0 Å². The molecular weight excluding hydrogens is 319 g/mol. The third-order valence-corrected chi connectivity index (χ3v) is 6.41. The lowest BCUT2D eigenvalue weighted by atomic mass is 10.3. The maximum absolute atomic E-state index is 12.6. The van der Waals surface area contributed by atoms with E-state index in [2.05, 4.69) is 18.7 Å². The van der Waals surface area contributed by atoms with Crippen molar-refractivity contribution in [1.82, 2.24) is 9.21 Å². The van der Waals surface area contributed by atoms with Crippen molar-refractivity contribution in [3.63, 3.8) is 0 Å². The highest BCUT2D eigenvalue weighted by molar-refractivity contribution is 7.89. The van der Waals surface area contributed by atoms with Gasteiger partial charge in [0.05, 0.1) is 10.0 Å². The zero-order valence-electron chi connectivity index (χ0n) is 11.5. The molecule has 0 unspecified atom stereocenters. The van der Waals surface area contributed by atoms with Crippen LogP contribution in [-0.4, -0.2) is 49.8 Å². The summed E-state index contributed by atoms with van der Waals surface area (Å²) in [7, 11) is -3.57. The predicted octanol–water partition coefficient (Wildman–Crippen LogP) is 2.71. The highest BCUT2D eigenvalue weighted by Crippen LogP contribution is 2.31. The van der Waals surface area contributed by atoms with Crippen molar-refractivity contribution in [2.75, 3.05) is 26.2 Å². The second-order valence-electron chi connectivity index (χ2n) is 5.09. The van der Waals surface area contributed by atoms with Crippen LogP contribution in [0.15, 0.2) is 23.1 Å². The summed E-state index contributed by atoms with van der Waals surface area (Å²) in [6.45, 7) is 6.63. The van der Waals surface area contributed by atoms with Crippen LogP contribution in [0.1, 0.15) is 13.8 Å². The summed E-state index contributed by atoms with van der Waals surface area (Å²) >= 11 is 11.9. The molecule has 0 atom stereocenters. The Hall–Kier alpha value is -0.330. The molecule has 20 heavy (non-hydrogen) atoms. The van der Waals surface area contributed by atoms with E-state index < -0.39 is 10.0 Å². The molecule has 0 saturated carbocycles. The van der Waals surface area contributed by atoms with E-state index in [0.29, 0.717) is 19.1 Å². The van der Waals surface area contributed by atoms with Crippen molar-refractivity contribution in [2.45, 2.75) is 24.8 Å². The van der Waals surface area contributed by atoms with E-state index in [1.165, 1.54) is 10.4 Å². The molecule has 112 valence electrons. The zero-order valence-corrected chi connectivity index (χ0v) is 13.8. The van der Waals surface area contributed by atoms with Gasteiger partial charge < -0.3 is 0 Å². The van der Waals surface area contributed by atoms with E-state index in [9.17, 15) is 8.42 Å². The van der Waals surface area contributed by atoms with E-state index in [-0.39, 0.29) is 14.9 Å². The molecule has 1 aliphatic heterocycles. The summed E-state index contributed by atoms with van der Waals surface area (Å²) in [5.41, 5.74) is 0. The number of halogens is 2. The minimum Gasteiger partial charge on any atom is -0.298 e. The van der Waals surface area contributed by atoms with Crippen LogP contribution < -0.4 is 0 Å². The summed E-state index contributed by atoms with van der Waals surface area (Å²) in [5, 5.41) is 0.356. The van der Waals surface area contributed by atoms with Gasteiger partial charge in [0.1, 0.15) is 4.90 Å². The fourth-order valence-electron chi connectivity index (χ4n) is 2.28. The Morgan fingerprint density at radius 2 is 1.70 bits per heavy atom. The van der Waals surface area contributed by atoms with Crippen LogP contribution in [0.5, 0.6) is 0 Å². The SMILES string of the molecule is CC(C)N1CCN(S(=O)(=O)c2cccc(Cl)c2Cl)CC1. The number of nitrogens with zero attached hydrogens (tertiary/aromatic N) is 2. The van der Waals surface area contributed by atoms with Gasteiger partial charge in [0.15, 0.2) is 0 Å². The molecule has 0 N–H and O–H groups in total. The standard InChI is InChI=1S/C13H18Cl2N2O2S/c1-10(2)16-6-8-17(9-7-16)20(18,19)12-5-3-4-11(14)13(12)15/h3-5,10H,6-9H2,1-2H3. The van der Waals surface area contributed by atoms with E-state index in [4.69, 9.17) is 23.2 Å². The molecular formula is C13H18Cl2N2O2S. The topological polar surface area (TPSA) is 40.6 Å². The molecule has 1 aromatic rings. The second-order valence-corrected chi connectivity index (χ2v) is 7.78. The maximum atomic E-state index is 12.6. The van der Waals surface area contributed by atoms with Gasteiger partial charge in [0, 0.05) is 32.2 Å². The van der Waals surface area contributed by atoms with Crippen LogP contribution in [0.25, 0.3) is 0 Å². The lowest BCUT2D eigenvalue weighted by Crippen LogP contribution is -2.50. The Morgan fingerprint density at radius 3 is 2.25 bits per heavy atom. The van der Waals surface area contributed by atoms with Crippen LogP contribution in [-0.2, 0) is 10.0 Å². The predicted molar refractivity (Wildman–Crippen MR) is 81.9 cm³/mol. The molecule has 2 rings (SSSR count). The second kappa shape index (κ2) is 6.20. The molecule has 1 heterocycles. The first kappa shape index (κ1) is 16.0. The van der Waals surface area contributed by atoms with Crippen molar-refractivity contribution < 1.29 is 8.42 Å². The number of hydrogen-bond donors (Lipinski definition) is 0. The summed E-state index contributed by atoms with van der Waals surface area (Å²) in [6, 6.07) is 5.11. The molecule has 0 spiro atoms. The highest BCUT2D eigenvalue weighted by atomic mass is 35.5. The Bertz CT molecular complexity index is 582. The van der Waals surface area contributed by atoms with Gasteiger partial charge in [-0.15, -0.1) is 0 Å². The van der Waals surface area contributed by atoms with Crippen LogP contribution in [0.2, 0.25) is 10.0 Å². The maximum Gasteiger partial charge on any atom is 0.244 e. The van der Waals surface area contributed by atoms with Crippen LogP contribution in [0, 0.1) is 0 Å². The van der Waals surface area contributed by atoms with Gasteiger partial charge in [0.25, 0.3) is 0 Å². The largest absolute Gasteiger partial charge is 0.298 e. The zero-order chi connectivity index (χ0) is 14.9. The van der Waals surface area contributed by atoms with E-state index in [1.807, 2.05) is 0 Å². The number of sulfonamides is 1. The molecule has 7 heteroatoms. The summed E-state index contributed by atoms with van der Waals surface area (Å²) in [4.78, 5) is 2.34. The highest BCUT2D eigenvalue weighted by Gasteiger charge is 2.31. The average Bonchev–Trinajstić information content (AvgIpc) is 2.41. The average molecular weight is 337 g/mol. The van der Waals surface area contributed by atoms with Gasteiger partial charge in [-0.1, -0.05) is 29.3 Å². The van der Waals surface area contributed by atoms with Crippen molar-refractivity contribution >= 4 is 33.2 Å². The van der Waals surface area contributed by atoms with Gasteiger partial charge in [-0.25, -0.2) is 8.42 Å². The minimum absolute atomic E-state index is 0.0877. The van der Waals surface area contributed by atoms with Crippen LogP contribution in [0.3, 0.4) is 0 Å². The first-order chi connectivity index (χ1) is 9.34. The lowest BCUT2D eigenvalue weighted by Gasteiger charge is -2.36. The minimum atomic E-state index is -3.57. The number of benzene rings is 1. The number of rotatable bonds is 3. The molecule has 1 saturated heterocycles. The molecule has 1 aliphatic rings. The molecule has 4 nitrogen and oxygen atoms in total. The molecule has 0 aromatic heterocycles. The van der Waals surface area contributed by atoms with E-state index >= 15 is 0 Å². The Kier molecular flexibility index (Phi) is 4.97. The first-order valence-corrected chi connectivity index (χ1v) is 8.72. The van der Waals surface area contributed by atoms with Gasteiger partial charge in [0.2, 0.25) is 10.0 Å². The Balaban J connectivity index is 2.22. The summed E-state index contributed by atoms with van der Waals surface area (Å²) in [6.07, 6.45) is 0. The van der Waals surface area contributed by atoms with Gasteiger partial charge in [-0.2, -0.15) is 4.31 Å². The molecule has 1 fully saturated rings. The summed E-state index contributed by atoms with van der Waals surface area (Å²) < 4.78 is 26.7. The van der Waals surface area contributed by atoms with Crippen molar-refractivity contribution in [3.05, 3.63) is 28.2 Å². The van der Waals surface area contributed by atoms with Crippen molar-refractivity contribution in [1.29, 1.82) is 0 Å². The molecule has 1 aromatic carbocycles. The van der Waals surface area contributed by atoms with E-state index in [0.717, 1.165) is 13.1 Å². The summed E-state index contributed by atoms with van der Waals surface area (Å²) in [5.74, 6) is 0. The fourth-order valence-corrected chi connectivity index (χ4v) is 4.44. The third kappa shape index (κ3) is 3.12. The number of hydrogen-bond acceptors (Lipinski definition) is 3. The normalized spacial score (nSPS) is 18.6. The smallest absolute Gasteiger partial charge is 0.244 e. The first-order valence-electron chi connectivity index (χ1n) is 6.52. The fraction of sp³-hybridized carbons (Fsp3) is 0.538. The monoisotopic (exact) mass is 336 g/mol. The third-order valence-electron chi connectivity index (χ3n) is 3.54. The Labute approximate surface area is 130 Å². The van der Waals surface area contributed by atoms with Gasteiger partial charge >= 0.3 is 0 Å². The quantitative estimate of drug-likeness (QED) is 0.852. The number of piperazine rings is 1. The van der Waals surface area contributed by atoms with Crippen LogP contribution >= 0.6 is 23.2 Å². The molecule has 0 radical (unpaired) electrons. The molecule has 0 bridgehead atoms. The molecule has 0 amide bonds. The van der Waals surface area contributed by atoms with E-state index in [1.54, 1.807) is 12.1 Å². The molecule has 0 aliphatic carbocycles.